The molecule has 0 saturated carbocycles. The van der Waals surface area contributed by atoms with E-state index in [2.05, 4.69) is 10.6 Å². The van der Waals surface area contributed by atoms with Crippen molar-refractivity contribution < 1.29 is 22.7 Å². The van der Waals surface area contributed by atoms with Crippen LogP contribution < -0.4 is 14.9 Å². The molecule has 1 aliphatic rings. The van der Waals surface area contributed by atoms with Crippen molar-refractivity contribution in [2.24, 2.45) is 0 Å². The van der Waals surface area contributed by atoms with E-state index in [4.69, 9.17) is 4.74 Å². The lowest BCUT2D eigenvalue weighted by Gasteiger charge is -2.30. The number of carbonyl (C=O) groups excluding carboxylic acids is 2. The average molecular weight is 474 g/mol. The summed E-state index contributed by atoms with van der Waals surface area (Å²) in [5.74, 6) is -0.837. The summed E-state index contributed by atoms with van der Waals surface area (Å²) in [6.07, 6.45) is 3.20. The van der Waals surface area contributed by atoms with Crippen LogP contribution in [0, 0.1) is 6.92 Å². The Kier molecular flexibility index (Phi) is 8.10. The quantitative estimate of drug-likeness (QED) is 0.582. The van der Waals surface area contributed by atoms with E-state index in [9.17, 15) is 18.0 Å². The van der Waals surface area contributed by atoms with Crippen LogP contribution in [0.1, 0.15) is 42.1 Å². The molecule has 0 aliphatic carbocycles. The van der Waals surface area contributed by atoms with E-state index in [0.29, 0.717) is 30.1 Å². The third kappa shape index (κ3) is 6.33. The van der Waals surface area contributed by atoms with Crippen molar-refractivity contribution in [2.45, 2.75) is 45.3 Å². The predicted molar refractivity (Wildman–Crippen MR) is 129 cm³/mol. The summed E-state index contributed by atoms with van der Waals surface area (Å²) in [6.45, 7) is 4.74. The number of benzene rings is 2. The summed E-state index contributed by atoms with van der Waals surface area (Å²) in [4.78, 5) is 26.0. The highest BCUT2D eigenvalue weighted by Gasteiger charge is 2.32. The van der Waals surface area contributed by atoms with Crippen LogP contribution >= 0.6 is 0 Å². The minimum absolute atomic E-state index is 0.00185. The zero-order valence-electron chi connectivity index (χ0n) is 19.2. The largest absolute Gasteiger partial charge is 0.376 e. The molecule has 0 bridgehead atoms. The zero-order chi connectivity index (χ0) is 24.0. The number of carbonyl (C=O) groups is 2. The number of anilines is 2. The molecule has 1 fully saturated rings. The van der Waals surface area contributed by atoms with Gasteiger partial charge in [-0.05, 0) is 50.5 Å². The highest BCUT2D eigenvalue weighted by Crippen LogP contribution is 2.24. The van der Waals surface area contributed by atoms with Crippen LogP contribution in [0.4, 0.5) is 11.4 Å². The van der Waals surface area contributed by atoms with Gasteiger partial charge in [-0.25, -0.2) is 8.42 Å². The molecule has 0 unspecified atom stereocenters. The Labute approximate surface area is 195 Å². The normalized spacial score (nSPS) is 16.8. The van der Waals surface area contributed by atoms with Crippen LogP contribution in [0.5, 0.6) is 0 Å². The zero-order valence-corrected chi connectivity index (χ0v) is 20.0. The van der Waals surface area contributed by atoms with Gasteiger partial charge in [-0.15, -0.1) is 0 Å². The molecule has 178 valence electrons. The molecular formula is C24H31N3O5S. The van der Waals surface area contributed by atoms with Gasteiger partial charge in [-0.1, -0.05) is 36.8 Å². The molecule has 2 N–H and O–H groups in total. The van der Waals surface area contributed by atoms with E-state index >= 15 is 0 Å². The number of nitrogens with zero attached hydrogens (tertiary/aromatic N) is 1. The molecule has 2 atom stereocenters. The molecule has 0 radical (unpaired) electrons. The first-order valence-electron chi connectivity index (χ1n) is 11.1. The average Bonchev–Trinajstić information content (AvgIpc) is 3.30. The Balaban J connectivity index is 1.81. The molecule has 1 heterocycles. The van der Waals surface area contributed by atoms with Crippen molar-refractivity contribution in [3.63, 3.8) is 0 Å². The van der Waals surface area contributed by atoms with Crippen LogP contribution in [0.25, 0.3) is 0 Å². The van der Waals surface area contributed by atoms with E-state index in [-0.39, 0.29) is 18.4 Å². The van der Waals surface area contributed by atoms with E-state index in [1.54, 1.807) is 55.5 Å². The molecule has 2 aromatic rings. The summed E-state index contributed by atoms with van der Waals surface area (Å²) in [5.41, 5.74) is 2.02. The van der Waals surface area contributed by atoms with Gasteiger partial charge in [0.1, 0.15) is 6.04 Å². The maximum atomic E-state index is 13.2. The van der Waals surface area contributed by atoms with Gasteiger partial charge in [0.05, 0.1) is 29.3 Å². The van der Waals surface area contributed by atoms with Gasteiger partial charge in [0, 0.05) is 13.2 Å². The van der Waals surface area contributed by atoms with Gasteiger partial charge in [0.2, 0.25) is 15.9 Å². The number of hydrogen-bond donors (Lipinski definition) is 2. The van der Waals surface area contributed by atoms with Gasteiger partial charge >= 0.3 is 0 Å². The summed E-state index contributed by atoms with van der Waals surface area (Å²) in [6, 6.07) is 12.6. The minimum Gasteiger partial charge on any atom is -0.376 e. The molecule has 1 saturated heterocycles. The summed E-state index contributed by atoms with van der Waals surface area (Å²) < 4.78 is 31.9. The molecule has 9 heteroatoms. The Bertz CT molecular complexity index is 1080. The number of nitrogens with one attached hydrogen (secondary N) is 2. The number of sulfonamides is 1. The molecule has 8 nitrogen and oxygen atoms in total. The Morgan fingerprint density at radius 2 is 1.85 bits per heavy atom. The minimum atomic E-state index is -3.74. The van der Waals surface area contributed by atoms with Crippen molar-refractivity contribution in [1.82, 2.24) is 5.32 Å². The molecule has 1 aliphatic heterocycles. The summed E-state index contributed by atoms with van der Waals surface area (Å²) in [7, 11) is -3.74. The van der Waals surface area contributed by atoms with Crippen molar-refractivity contribution in [1.29, 1.82) is 0 Å². The van der Waals surface area contributed by atoms with Crippen molar-refractivity contribution in [2.75, 3.05) is 29.0 Å². The van der Waals surface area contributed by atoms with E-state index in [1.165, 1.54) is 0 Å². The van der Waals surface area contributed by atoms with Gasteiger partial charge in [-0.3, -0.25) is 13.9 Å². The number of aryl methyl sites for hydroxylation is 1. The highest BCUT2D eigenvalue weighted by molar-refractivity contribution is 7.92. The molecular weight excluding hydrogens is 442 g/mol. The fourth-order valence-electron chi connectivity index (χ4n) is 3.87. The SMILES string of the molecule is CC[C@H](C(=O)Nc1ccccc1C(=O)NC[C@H]1CCCO1)N(c1ccc(C)cc1)S(C)(=O)=O. The van der Waals surface area contributed by atoms with Crippen LogP contribution in [0.15, 0.2) is 48.5 Å². The van der Waals surface area contributed by atoms with Gasteiger partial charge in [0.15, 0.2) is 0 Å². The Morgan fingerprint density at radius 1 is 1.15 bits per heavy atom. The van der Waals surface area contributed by atoms with Crippen molar-refractivity contribution in [3.05, 3.63) is 59.7 Å². The summed E-state index contributed by atoms with van der Waals surface area (Å²) in [5, 5.41) is 5.62. The van der Waals surface area contributed by atoms with Crippen LogP contribution in [-0.4, -0.2) is 51.8 Å². The fraction of sp³-hybridized carbons (Fsp3) is 0.417. The van der Waals surface area contributed by atoms with Gasteiger partial charge in [0.25, 0.3) is 5.91 Å². The Hall–Kier alpha value is -2.91. The monoisotopic (exact) mass is 473 g/mol. The molecule has 2 amide bonds. The molecule has 3 rings (SSSR count). The van der Waals surface area contributed by atoms with E-state index in [1.807, 2.05) is 6.92 Å². The second kappa shape index (κ2) is 10.8. The van der Waals surface area contributed by atoms with E-state index in [0.717, 1.165) is 29.0 Å². The maximum absolute atomic E-state index is 13.2. The van der Waals surface area contributed by atoms with Crippen LogP contribution in [-0.2, 0) is 19.6 Å². The van der Waals surface area contributed by atoms with Crippen LogP contribution in [0.3, 0.4) is 0 Å². The lowest BCUT2D eigenvalue weighted by Crippen LogP contribution is -2.47. The third-order valence-electron chi connectivity index (χ3n) is 5.56. The first-order chi connectivity index (χ1) is 15.7. The van der Waals surface area contributed by atoms with Crippen molar-refractivity contribution in [3.8, 4) is 0 Å². The van der Waals surface area contributed by atoms with E-state index < -0.39 is 22.0 Å². The standard InChI is InChI=1S/C24H31N3O5S/c1-4-22(27(33(3,30)31)18-13-11-17(2)12-14-18)24(29)26-21-10-6-5-9-20(21)23(28)25-16-19-8-7-15-32-19/h5-6,9-14,19,22H,4,7-8,15-16H2,1-3H3,(H,25,28)(H,26,29)/t19-,22-/m1/s1. The van der Waals surface area contributed by atoms with Gasteiger partial charge < -0.3 is 15.4 Å². The molecule has 33 heavy (non-hydrogen) atoms. The lowest BCUT2D eigenvalue weighted by molar-refractivity contribution is -0.117. The number of amides is 2. The van der Waals surface area contributed by atoms with Gasteiger partial charge in [-0.2, -0.15) is 0 Å². The lowest BCUT2D eigenvalue weighted by atomic mass is 10.1. The number of rotatable bonds is 9. The summed E-state index contributed by atoms with van der Waals surface area (Å²) >= 11 is 0. The second-order valence-electron chi connectivity index (χ2n) is 8.20. The highest BCUT2D eigenvalue weighted by atomic mass is 32.2. The number of hydrogen-bond acceptors (Lipinski definition) is 5. The molecule has 2 aromatic carbocycles. The first kappa shape index (κ1) is 24.7. The predicted octanol–water partition coefficient (Wildman–Crippen LogP) is 3.09. The Morgan fingerprint density at radius 3 is 2.45 bits per heavy atom. The third-order valence-corrected chi connectivity index (χ3v) is 6.74. The molecule has 0 aromatic heterocycles. The van der Waals surface area contributed by atoms with Crippen molar-refractivity contribution >= 4 is 33.2 Å². The molecule has 0 spiro atoms. The number of ether oxygens (including phenoxy) is 1. The first-order valence-corrected chi connectivity index (χ1v) is 12.9. The topological polar surface area (TPSA) is 105 Å². The maximum Gasteiger partial charge on any atom is 0.253 e. The van der Waals surface area contributed by atoms with Crippen LogP contribution in [0.2, 0.25) is 0 Å². The smallest absolute Gasteiger partial charge is 0.253 e. The fourth-order valence-corrected chi connectivity index (χ4v) is 5.08. The second-order valence-corrected chi connectivity index (χ2v) is 10.1. The number of para-hydroxylation sites is 1.